The zero-order valence-electron chi connectivity index (χ0n) is 7.45. The second-order valence-corrected chi connectivity index (χ2v) is 2.61. The molecule has 0 radical (unpaired) electrons. The Morgan fingerprint density at radius 3 is 1.75 bits per heavy atom. The summed E-state index contributed by atoms with van der Waals surface area (Å²) in [7, 11) is 0. The van der Waals surface area contributed by atoms with Crippen molar-refractivity contribution in [3.63, 3.8) is 0 Å². The SMILES string of the molecule is C=C(CF)C(=O)OC(C(F)(F)F)C(F)(F)F. The number of carbonyl (C=O) groups is 1. The monoisotopic (exact) mass is 254 g/mol. The lowest BCUT2D eigenvalue weighted by molar-refractivity contribution is -0.312. The number of hydrogen-bond acceptors (Lipinski definition) is 2. The van der Waals surface area contributed by atoms with Gasteiger partial charge in [-0.15, -0.1) is 0 Å². The van der Waals surface area contributed by atoms with Gasteiger partial charge in [-0.25, -0.2) is 9.18 Å². The lowest BCUT2D eigenvalue weighted by Gasteiger charge is -2.22. The van der Waals surface area contributed by atoms with Crippen molar-refractivity contribution in [3.8, 4) is 0 Å². The van der Waals surface area contributed by atoms with Gasteiger partial charge in [0.05, 0.1) is 5.57 Å². The van der Waals surface area contributed by atoms with Crippen LogP contribution >= 0.6 is 0 Å². The third-order valence-corrected chi connectivity index (χ3v) is 1.27. The fourth-order valence-electron chi connectivity index (χ4n) is 0.564. The molecule has 0 bridgehead atoms. The second kappa shape index (κ2) is 4.71. The minimum absolute atomic E-state index is 1.13. The molecule has 94 valence electrons. The summed E-state index contributed by atoms with van der Waals surface area (Å²) in [6, 6.07) is 0. The molecule has 0 saturated heterocycles. The Balaban J connectivity index is 4.85. The van der Waals surface area contributed by atoms with Crippen LogP contribution in [-0.4, -0.2) is 31.1 Å². The molecule has 16 heavy (non-hydrogen) atoms. The van der Waals surface area contributed by atoms with Crippen molar-refractivity contribution in [2.24, 2.45) is 0 Å². The Bertz CT molecular complexity index is 263. The molecule has 0 spiro atoms. The first-order valence-corrected chi connectivity index (χ1v) is 3.58. The normalized spacial score (nSPS) is 12.8. The molecular weight excluding hydrogens is 249 g/mol. The van der Waals surface area contributed by atoms with E-state index in [1.165, 1.54) is 0 Å². The average Bonchev–Trinajstić information content (AvgIpc) is 2.08. The largest absolute Gasteiger partial charge is 0.439 e. The van der Waals surface area contributed by atoms with Crippen LogP contribution in [0.5, 0.6) is 0 Å². The summed E-state index contributed by atoms with van der Waals surface area (Å²) in [5, 5.41) is 0. The number of rotatable bonds is 3. The van der Waals surface area contributed by atoms with Crippen molar-refractivity contribution in [2.45, 2.75) is 18.5 Å². The second-order valence-electron chi connectivity index (χ2n) is 2.61. The molecule has 0 atom stereocenters. The Morgan fingerprint density at radius 1 is 1.12 bits per heavy atom. The van der Waals surface area contributed by atoms with Crippen LogP contribution in [0.4, 0.5) is 30.7 Å². The van der Waals surface area contributed by atoms with E-state index in [0.29, 0.717) is 0 Å². The highest BCUT2D eigenvalue weighted by molar-refractivity contribution is 5.88. The van der Waals surface area contributed by atoms with Crippen LogP contribution in [-0.2, 0) is 9.53 Å². The van der Waals surface area contributed by atoms with Gasteiger partial charge in [0.15, 0.2) is 0 Å². The molecule has 2 nitrogen and oxygen atoms in total. The third-order valence-electron chi connectivity index (χ3n) is 1.27. The van der Waals surface area contributed by atoms with Crippen LogP contribution in [0.25, 0.3) is 0 Å². The van der Waals surface area contributed by atoms with Gasteiger partial charge in [-0.2, -0.15) is 26.3 Å². The highest BCUT2D eigenvalue weighted by atomic mass is 19.4. The first-order valence-electron chi connectivity index (χ1n) is 3.58. The van der Waals surface area contributed by atoms with Gasteiger partial charge in [0.1, 0.15) is 6.67 Å². The Morgan fingerprint density at radius 2 is 1.50 bits per heavy atom. The molecule has 0 saturated carbocycles. The van der Waals surface area contributed by atoms with E-state index in [2.05, 4.69) is 11.3 Å². The molecule has 0 heterocycles. The first-order chi connectivity index (χ1) is 7.00. The minimum Gasteiger partial charge on any atom is -0.439 e. The summed E-state index contributed by atoms with van der Waals surface area (Å²) < 4.78 is 85.8. The lowest BCUT2D eigenvalue weighted by Crippen LogP contribution is -2.45. The van der Waals surface area contributed by atoms with Crippen molar-refractivity contribution in [2.75, 3.05) is 6.67 Å². The molecular formula is C7H5F7O2. The Labute approximate surface area is 84.7 Å². The highest BCUT2D eigenvalue weighted by Crippen LogP contribution is 2.35. The molecule has 0 aromatic carbocycles. The van der Waals surface area contributed by atoms with Crippen LogP contribution in [0.3, 0.4) is 0 Å². The molecule has 0 amide bonds. The maximum absolute atomic E-state index is 11.8. The molecule has 0 aliphatic carbocycles. The van der Waals surface area contributed by atoms with Crippen LogP contribution in [0.2, 0.25) is 0 Å². The van der Waals surface area contributed by atoms with E-state index in [1.54, 1.807) is 0 Å². The van der Waals surface area contributed by atoms with E-state index in [0.717, 1.165) is 0 Å². The molecule has 0 unspecified atom stereocenters. The summed E-state index contributed by atoms with van der Waals surface area (Å²) in [4.78, 5) is 10.5. The highest BCUT2D eigenvalue weighted by Gasteiger charge is 2.59. The van der Waals surface area contributed by atoms with Gasteiger partial charge in [-0.3, -0.25) is 0 Å². The number of halogens is 7. The van der Waals surface area contributed by atoms with E-state index in [9.17, 15) is 35.5 Å². The average molecular weight is 254 g/mol. The molecule has 0 aliphatic rings. The third kappa shape index (κ3) is 4.07. The van der Waals surface area contributed by atoms with Gasteiger partial charge in [-0.1, -0.05) is 6.58 Å². The van der Waals surface area contributed by atoms with E-state index < -0.39 is 36.7 Å². The fraction of sp³-hybridized carbons (Fsp3) is 0.571. The van der Waals surface area contributed by atoms with Gasteiger partial charge < -0.3 is 4.74 Å². The van der Waals surface area contributed by atoms with Gasteiger partial charge in [0, 0.05) is 0 Å². The Hall–Kier alpha value is -1.28. The zero-order valence-corrected chi connectivity index (χ0v) is 7.45. The molecule has 0 aliphatic heterocycles. The molecule has 0 aromatic rings. The van der Waals surface area contributed by atoms with Gasteiger partial charge in [-0.05, 0) is 0 Å². The van der Waals surface area contributed by atoms with Crippen molar-refractivity contribution < 1.29 is 40.3 Å². The topological polar surface area (TPSA) is 26.3 Å². The van der Waals surface area contributed by atoms with E-state index >= 15 is 0 Å². The number of ether oxygens (including phenoxy) is 1. The summed E-state index contributed by atoms with van der Waals surface area (Å²) in [5.41, 5.74) is -1.13. The van der Waals surface area contributed by atoms with Crippen LogP contribution in [0.15, 0.2) is 12.2 Å². The lowest BCUT2D eigenvalue weighted by atomic mass is 10.3. The standard InChI is InChI=1S/C7H5F7O2/c1-3(2-8)4(15)16-5(6(9,10)11)7(12,13)14/h5H,1-2H2. The minimum atomic E-state index is -5.81. The number of alkyl halides is 7. The molecule has 9 heteroatoms. The number of hydrogen-bond donors (Lipinski definition) is 0. The van der Waals surface area contributed by atoms with Crippen LogP contribution in [0.1, 0.15) is 0 Å². The van der Waals surface area contributed by atoms with Gasteiger partial charge in [0.2, 0.25) is 0 Å². The van der Waals surface area contributed by atoms with Gasteiger partial charge >= 0.3 is 18.3 Å². The van der Waals surface area contributed by atoms with Crippen molar-refractivity contribution in [3.05, 3.63) is 12.2 Å². The summed E-state index contributed by atoms with van der Waals surface area (Å²) in [6.07, 6.45) is -15.9. The fourth-order valence-corrected chi connectivity index (χ4v) is 0.564. The van der Waals surface area contributed by atoms with Crippen molar-refractivity contribution in [1.82, 2.24) is 0 Å². The quantitative estimate of drug-likeness (QED) is 0.439. The number of carbonyl (C=O) groups excluding carboxylic acids is 1. The van der Waals surface area contributed by atoms with E-state index in [-0.39, 0.29) is 0 Å². The van der Waals surface area contributed by atoms with Gasteiger partial charge in [0.25, 0.3) is 6.10 Å². The molecule has 0 aromatic heterocycles. The predicted molar refractivity (Wildman–Crippen MR) is 37.1 cm³/mol. The van der Waals surface area contributed by atoms with Crippen molar-refractivity contribution >= 4 is 5.97 Å². The molecule has 0 N–H and O–H groups in total. The zero-order chi connectivity index (χ0) is 13.1. The maximum Gasteiger partial charge on any atom is 0.434 e. The first kappa shape index (κ1) is 14.7. The predicted octanol–water partition coefficient (Wildman–Crippen LogP) is 2.55. The summed E-state index contributed by atoms with van der Waals surface area (Å²) >= 11 is 0. The van der Waals surface area contributed by atoms with Crippen LogP contribution < -0.4 is 0 Å². The number of esters is 1. The summed E-state index contributed by atoms with van der Waals surface area (Å²) in [5.74, 6) is -2.08. The van der Waals surface area contributed by atoms with Crippen LogP contribution in [0, 0.1) is 0 Å². The maximum atomic E-state index is 11.8. The molecule has 0 rings (SSSR count). The summed E-state index contributed by atoms with van der Waals surface area (Å²) in [6.45, 7) is 1.01. The molecule has 0 fully saturated rings. The smallest absolute Gasteiger partial charge is 0.434 e. The van der Waals surface area contributed by atoms with E-state index in [4.69, 9.17) is 0 Å². The van der Waals surface area contributed by atoms with E-state index in [1.807, 2.05) is 0 Å². The van der Waals surface area contributed by atoms with Crippen molar-refractivity contribution in [1.29, 1.82) is 0 Å². The Kier molecular flexibility index (Phi) is 4.33.